The molecule has 1 aromatic carbocycles. The van der Waals surface area contributed by atoms with Gasteiger partial charge in [-0.05, 0) is 36.4 Å². The first kappa shape index (κ1) is 17.4. The summed E-state index contributed by atoms with van der Waals surface area (Å²) in [6.45, 7) is -0.883. The molecule has 0 radical (unpaired) electrons. The average Bonchev–Trinajstić information content (AvgIpc) is 3.12. The molecule has 2 N–H and O–H groups in total. The Morgan fingerprint density at radius 1 is 1.00 bits per heavy atom. The van der Waals surface area contributed by atoms with Crippen molar-refractivity contribution in [1.29, 1.82) is 0 Å². The van der Waals surface area contributed by atoms with Crippen molar-refractivity contribution >= 4 is 29.4 Å². The molecule has 2 rings (SSSR count). The van der Waals surface area contributed by atoms with Crippen LogP contribution in [0.3, 0.4) is 0 Å². The van der Waals surface area contributed by atoms with E-state index in [1.807, 2.05) is 0 Å². The van der Waals surface area contributed by atoms with Crippen LogP contribution in [0, 0.1) is 0 Å². The first-order chi connectivity index (χ1) is 11.5. The molecule has 0 saturated carbocycles. The number of carbonyl (C=O) groups excluding carboxylic acids is 3. The lowest BCUT2D eigenvalue weighted by atomic mass is 10.3. The number of rotatable bonds is 6. The normalized spacial score (nSPS) is 9.88. The Labute approximate surface area is 141 Å². The SMILES string of the molecule is O=C(COC(=O)c1ccco1)NNC(=O)COc1ccc(Cl)cc1. The Hall–Kier alpha value is -3.00. The second-order valence-electron chi connectivity index (χ2n) is 4.39. The molecule has 2 amide bonds. The van der Waals surface area contributed by atoms with Gasteiger partial charge in [0.1, 0.15) is 5.75 Å². The first-order valence-electron chi connectivity index (χ1n) is 6.71. The van der Waals surface area contributed by atoms with Crippen LogP contribution in [0.25, 0.3) is 0 Å². The fourth-order valence-electron chi connectivity index (χ4n) is 1.49. The zero-order valence-corrected chi connectivity index (χ0v) is 13.0. The molecule has 24 heavy (non-hydrogen) atoms. The standard InChI is InChI=1S/C15H13ClN2O6/c16-10-3-5-11(6-4-10)23-8-13(19)17-18-14(20)9-24-15(21)12-2-1-7-22-12/h1-7H,8-9H2,(H,17,19)(H,18,20). The monoisotopic (exact) mass is 352 g/mol. The number of benzene rings is 1. The molecule has 0 spiro atoms. The molecule has 1 heterocycles. The van der Waals surface area contributed by atoms with E-state index in [0.29, 0.717) is 10.8 Å². The van der Waals surface area contributed by atoms with Crippen LogP contribution in [-0.2, 0) is 14.3 Å². The van der Waals surface area contributed by atoms with Crippen LogP contribution in [-0.4, -0.2) is 31.0 Å². The highest BCUT2D eigenvalue weighted by atomic mass is 35.5. The fraction of sp³-hybridized carbons (Fsp3) is 0.133. The maximum atomic E-state index is 11.5. The van der Waals surface area contributed by atoms with Gasteiger partial charge >= 0.3 is 5.97 Å². The summed E-state index contributed by atoms with van der Waals surface area (Å²) in [5, 5.41) is 0.545. The van der Waals surface area contributed by atoms with Gasteiger partial charge in [-0.1, -0.05) is 11.6 Å². The number of hydrogen-bond donors (Lipinski definition) is 2. The zero-order valence-electron chi connectivity index (χ0n) is 12.3. The van der Waals surface area contributed by atoms with Crippen LogP contribution in [0.2, 0.25) is 5.02 Å². The van der Waals surface area contributed by atoms with E-state index < -0.39 is 24.4 Å². The van der Waals surface area contributed by atoms with Crippen molar-refractivity contribution in [3.05, 3.63) is 53.4 Å². The Bertz CT molecular complexity index is 699. The third-order valence-electron chi connectivity index (χ3n) is 2.58. The van der Waals surface area contributed by atoms with Crippen molar-refractivity contribution in [2.75, 3.05) is 13.2 Å². The highest BCUT2D eigenvalue weighted by Gasteiger charge is 2.13. The predicted octanol–water partition coefficient (Wildman–Crippen LogP) is 1.32. The summed E-state index contributed by atoms with van der Waals surface area (Å²) in [7, 11) is 0. The van der Waals surface area contributed by atoms with Crippen molar-refractivity contribution in [3.63, 3.8) is 0 Å². The Morgan fingerprint density at radius 2 is 1.67 bits per heavy atom. The van der Waals surface area contributed by atoms with Crippen LogP contribution >= 0.6 is 11.6 Å². The minimum absolute atomic E-state index is 0.0248. The summed E-state index contributed by atoms with van der Waals surface area (Å²) in [5.74, 6) is -1.66. The van der Waals surface area contributed by atoms with Crippen LogP contribution in [0.5, 0.6) is 5.75 Å². The van der Waals surface area contributed by atoms with Crippen molar-refractivity contribution in [1.82, 2.24) is 10.9 Å². The fourth-order valence-corrected chi connectivity index (χ4v) is 1.61. The number of hydrazine groups is 1. The number of ether oxygens (including phenoxy) is 2. The van der Waals surface area contributed by atoms with E-state index >= 15 is 0 Å². The van der Waals surface area contributed by atoms with Gasteiger partial charge in [0.25, 0.3) is 11.8 Å². The molecule has 0 bridgehead atoms. The van der Waals surface area contributed by atoms with Crippen molar-refractivity contribution in [3.8, 4) is 5.75 Å². The number of halogens is 1. The lowest BCUT2D eigenvalue weighted by Crippen LogP contribution is -2.45. The molecule has 0 unspecified atom stereocenters. The number of nitrogens with one attached hydrogen (secondary N) is 2. The van der Waals surface area contributed by atoms with E-state index in [0.717, 1.165) is 0 Å². The third-order valence-corrected chi connectivity index (χ3v) is 2.83. The summed E-state index contributed by atoms with van der Waals surface area (Å²) < 4.78 is 14.7. The summed E-state index contributed by atoms with van der Waals surface area (Å²) in [6, 6.07) is 9.34. The van der Waals surface area contributed by atoms with Crippen LogP contribution in [0.4, 0.5) is 0 Å². The highest BCUT2D eigenvalue weighted by molar-refractivity contribution is 6.30. The molecule has 0 fully saturated rings. The van der Waals surface area contributed by atoms with Crippen molar-refractivity contribution in [2.45, 2.75) is 0 Å². The summed E-state index contributed by atoms with van der Waals surface area (Å²) in [4.78, 5) is 34.4. The largest absolute Gasteiger partial charge is 0.484 e. The Morgan fingerprint density at radius 3 is 2.29 bits per heavy atom. The molecule has 0 atom stereocenters. The summed E-state index contributed by atoms with van der Waals surface area (Å²) in [6.07, 6.45) is 1.30. The molecule has 2 aromatic rings. The van der Waals surface area contributed by atoms with E-state index in [1.54, 1.807) is 24.3 Å². The van der Waals surface area contributed by atoms with E-state index in [9.17, 15) is 14.4 Å². The van der Waals surface area contributed by atoms with Gasteiger partial charge in [0.15, 0.2) is 13.2 Å². The highest BCUT2D eigenvalue weighted by Crippen LogP contribution is 2.15. The minimum Gasteiger partial charge on any atom is -0.484 e. The molecular weight excluding hydrogens is 340 g/mol. The summed E-state index contributed by atoms with van der Waals surface area (Å²) >= 11 is 5.72. The summed E-state index contributed by atoms with van der Waals surface area (Å²) in [5.41, 5.74) is 4.20. The van der Waals surface area contributed by atoms with Crippen LogP contribution in [0.15, 0.2) is 47.1 Å². The quantitative estimate of drug-likeness (QED) is 0.599. The maximum Gasteiger partial charge on any atom is 0.374 e. The molecular formula is C15H13ClN2O6. The minimum atomic E-state index is -0.785. The smallest absolute Gasteiger partial charge is 0.374 e. The molecule has 8 nitrogen and oxygen atoms in total. The van der Waals surface area contributed by atoms with E-state index in [2.05, 4.69) is 15.6 Å². The lowest BCUT2D eigenvalue weighted by Gasteiger charge is -2.09. The number of carbonyl (C=O) groups is 3. The number of furan rings is 1. The van der Waals surface area contributed by atoms with Gasteiger partial charge in [-0.25, -0.2) is 4.79 Å². The zero-order chi connectivity index (χ0) is 17.4. The number of amides is 2. The van der Waals surface area contributed by atoms with Gasteiger partial charge < -0.3 is 13.9 Å². The lowest BCUT2D eigenvalue weighted by molar-refractivity contribution is -0.131. The topological polar surface area (TPSA) is 107 Å². The number of esters is 1. The average molecular weight is 353 g/mol. The van der Waals surface area contributed by atoms with Gasteiger partial charge in [0.05, 0.1) is 6.26 Å². The van der Waals surface area contributed by atoms with Crippen LogP contribution < -0.4 is 15.6 Å². The van der Waals surface area contributed by atoms with Gasteiger partial charge in [-0.15, -0.1) is 0 Å². The molecule has 0 aliphatic heterocycles. The second-order valence-corrected chi connectivity index (χ2v) is 4.83. The first-order valence-corrected chi connectivity index (χ1v) is 7.09. The third kappa shape index (κ3) is 5.65. The van der Waals surface area contributed by atoms with Gasteiger partial charge in [0, 0.05) is 5.02 Å². The second kappa shape index (κ2) is 8.59. The van der Waals surface area contributed by atoms with Crippen LogP contribution in [0.1, 0.15) is 10.6 Å². The maximum absolute atomic E-state index is 11.5. The van der Waals surface area contributed by atoms with Crippen molar-refractivity contribution < 1.29 is 28.3 Å². The van der Waals surface area contributed by atoms with E-state index in [-0.39, 0.29) is 12.4 Å². The number of hydrogen-bond acceptors (Lipinski definition) is 6. The Balaban J connectivity index is 1.63. The Kier molecular flexibility index (Phi) is 6.21. The molecule has 126 valence electrons. The van der Waals surface area contributed by atoms with Gasteiger partial charge in [-0.2, -0.15) is 0 Å². The van der Waals surface area contributed by atoms with E-state index in [4.69, 9.17) is 20.8 Å². The predicted molar refractivity (Wildman–Crippen MR) is 82.2 cm³/mol. The van der Waals surface area contributed by atoms with Gasteiger partial charge in [-0.3, -0.25) is 20.4 Å². The molecule has 0 aliphatic rings. The van der Waals surface area contributed by atoms with Crippen molar-refractivity contribution in [2.24, 2.45) is 0 Å². The molecule has 0 aliphatic carbocycles. The van der Waals surface area contributed by atoms with E-state index in [1.165, 1.54) is 18.4 Å². The molecule has 0 saturated heterocycles. The van der Waals surface area contributed by atoms with Gasteiger partial charge in [0.2, 0.25) is 5.76 Å². The molecule has 9 heteroatoms. The molecule has 1 aromatic heterocycles.